The van der Waals surface area contributed by atoms with E-state index in [0.29, 0.717) is 12.0 Å². The second kappa shape index (κ2) is 5.25. The van der Waals surface area contributed by atoms with Crippen LogP contribution in [0.1, 0.15) is 37.4 Å². The SMILES string of the molecule is CNC1c2cccc(Br)c2CC(C)(C)CC1(O)C(F)(F)F. The molecular formula is C15H19BrF3NO. The minimum Gasteiger partial charge on any atom is -0.379 e. The van der Waals surface area contributed by atoms with Crippen LogP contribution in [-0.2, 0) is 6.42 Å². The average Bonchev–Trinajstić information content (AvgIpc) is 2.40. The minimum atomic E-state index is -4.71. The highest BCUT2D eigenvalue weighted by Gasteiger charge is 2.61. The van der Waals surface area contributed by atoms with E-state index in [-0.39, 0.29) is 6.42 Å². The quantitative estimate of drug-likeness (QED) is 0.737. The fourth-order valence-corrected chi connectivity index (χ4v) is 3.84. The third-order valence-electron chi connectivity index (χ3n) is 4.13. The Kier molecular flexibility index (Phi) is 4.19. The van der Waals surface area contributed by atoms with Crippen molar-refractivity contribution in [3.63, 3.8) is 0 Å². The molecule has 0 heterocycles. The molecule has 2 atom stereocenters. The molecule has 2 unspecified atom stereocenters. The normalized spacial score (nSPS) is 28.9. The van der Waals surface area contributed by atoms with Gasteiger partial charge in [0.1, 0.15) is 0 Å². The van der Waals surface area contributed by atoms with Crippen LogP contribution in [0.15, 0.2) is 22.7 Å². The number of aliphatic hydroxyl groups is 1. The summed E-state index contributed by atoms with van der Waals surface area (Å²) in [5, 5.41) is 13.2. The molecule has 0 saturated heterocycles. The first-order chi connectivity index (χ1) is 9.52. The zero-order chi connectivity index (χ0) is 16.1. The number of halogens is 4. The van der Waals surface area contributed by atoms with Crippen LogP contribution in [0.2, 0.25) is 0 Å². The highest BCUT2D eigenvalue weighted by molar-refractivity contribution is 9.10. The van der Waals surface area contributed by atoms with E-state index in [1.165, 1.54) is 7.05 Å². The number of hydrogen-bond acceptors (Lipinski definition) is 2. The van der Waals surface area contributed by atoms with Crippen LogP contribution in [-0.4, -0.2) is 23.9 Å². The molecule has 6 heteroatoms. The van der Waals surface area contributed by atoms with Gasteiger partial charge in [0.15, 0.2) is 5.60 Å². The first kappa shape index (κ1) is 16.8. The molecule has 118 valence electrons. The third-order valence-corrected chi connectivity index (χ3v) is 4.87. The van der Waals surface area contributed by atoms with Crippen LogP contribution in [0.3, 0.4) is 0 Å². The van der Waals surface area contributed by atoms with E-state index in [2.05, 4.69) is 21.2 Å². The first-order valence-electron chi connectivity index (χ1n) is 6.75. The summed E-state index contributed by atoms with van der Waals surface area (Å²) in [6.07, 6.45) is -4.58. The molecule has 0 aliphatic heterocycles. The summed E-state index contributed by atoms with van der Waals surface area (Å²) >= 11 is 3.42. The largest absolute Gasteiger partial charge is 0.419 e. The number of rotatable bonds is 1. The molecule has 0 saturated carbocycles. The van der Waals surface area contributed by atoms with Gasteiger partial charge in [0.25, 0.3) is 0 Å². The van der Waals surface area contributed by atoms with Gasteiger partial charge in [-0.15, -0.1) is 0 Å². The van der Waals surface area contributed by atoms with E-state index < -0.39 is 23.2 Å². The Balaban J connectivity index is 2.71. The van der Waals surface area contributed by atoms with E-state index in [0.717, 1.165) is 10.0 Å². The van der Waals surface area contributed by atoms with E-state index in [1.807, 2.05) is 6.07 Å². The van der Waals surface area contributed by atoms with Crippen molar-refractivity contribution in [2.75, 3.05) is 7.05 Å². The van der Waals surface area contributed by atoms with Gasteiger partial charge >= 0.3 is 6.18 Å². The van der Waals surface area contributed by atoms with Crippen molar-refractivity contribution in [3.05, 3.63) is 33.8 Å². The lowest BCUT2D eigenvalue weighted by Crippen LogP contribution is -2.55. The molecular weight excluding hydrogens is 347 g/mol. The second-order valence-electron chi connectivity index (χ2n) is 6.47. The number of alkyl halides is 3. The Labute approximate surface area is 130 Å². The second-order valence-corrected chi connectivity index (χ2v) is 7.32. The van der Waals surface area contributed by atoms with Gasteiger partial charge in [-0.1, -0.05) is 41.9 Å². The summed E-state index contributed by atoms with van der Waals surface area (Å²) in [5.74, 6) is 0. The van der Waals surface area contributed by atoms with Gasteiger partial charge in [-0.2, -0.15) is 13.2 Å². The summed E-state index contributed by atoms with van der Waals surface area (Å²) in [5.41, 5.74) is -2.15. The van der Waals surface area contributed by atoms with Gasteiger partial charge in [0, 0.05) is 4.47 Å². The molecule has 0 spiro atoms. The predicted octanol–water partition coefficient (Wildman–Crippen LogP) is 3.98. The number of nitrogens with one attached hydrogen (secondary N) is 1. The Morgan fingerprint density at radius 3 is 2.48 bits per heavy atom. The fraction of sp³-hybridized carbons (Fsp3) is 0.600. The van der Waals surface area contributed by atoms with E-state index in [1.54, 1.807) is 26.0 Å². The predicted molar refractivity (Wildman–Crippen MR) is 79.0 cm³/mol. The summed E-state index contributed by atoms with van der Waals surface area (Å²) < 4.78 is 41.5. The van der Waals surface area contributed by atoms with Crippen molar-refractivity contribution in [2.45, 2.75) is 44.5 Å². The summed E-state index contributed by atoms with van der Waals surface area (Å²) in [7, 11) is 1.45. The smallest absolute Gasteiger partial charge is 0.379 e. The molecule has 0 amide bonds. The van der Waals surface area contributed by atoms with Crippen LogP contribution >= 0.6 is 15.9 Å². The maximum Gasteiger partial charge on any atom is 0.419 e. The first-order valence-corrected chi connectivity index (χ1v) is 7.55. The maximum atomic E-state index is 13.6. The lowest BCUT2D eigenvalue weighted by Gasteiger charge is -2.40. The monoisotopic (exact) mass is 365 g/mol. The highest BCUT2D eigenvalue weighted by atomic mass is 79.9. The van der Waals surface area contributed by atoms with Crippen molar-refractivity contribution < 1.29 is 18.3 Å². The Bertz CT molecular complexity index is 544. The molecule has 0 bridgehead atoms. The molecule has 0 aromatic heterocycles. The Morgan fingerprint density at radius 2 is 1.95 bits per heavy atom. The Hall–Kier alpha value is -0.590. The molecule has 2 nitrogen and oxygen atoms in total. The van der Waals surface area contributed by atoms with E-state index in [4.69, 9.17) is 0 Å². The lowest BCUT2D eigenvalue weighted by atomic mass is 9.76. The van der Waals surface area contributed by atoms with Crippen LogP contribution in [0.4, 0.5) is 13.2 Å². The standard InChI is InChI=1S/C15H19BrF3NO/c1-13(2)7-10-9(5-4-6-11(10)16)12(20-3)14(21,8-13)15(17,18)19/h4-6,12,20-21H,7-8H2,1-3H3. The van der Waals surface area contributed by atoms with Crippen molar-refractivity contribution >= 4 is 15.9 Å². The molecule has 1 aromatic carbocycles. The van der Waals surface area contributed by atoms with Crippen molar-refractivity contribution in [1.29, 1.82) is 0 Å². The molecule has 1 aliphatic carbocycles. The van der Waals surface area contributed by atoms with Gasteiger partial charge in [0.05, 0.1) is 6.04 Å². The molecule has 0 radical (unpaired) electrons. The summed E-state index contributed by atoms with van der Waals surface area (Å²) in [6.45, 7) is 3.51. The highest BCUT2D eigenvalue weighted by Crippen LogP contribution is 2.51. The number of hydrogen-bond donors (Lipinski definition) is 2. The zero-order valence-corrected chi connectivity index (χ0v) is 13.8. The molecule has 2 rings (SSSR count). The molecule has 0 fully saturated rings. The van der Waals surface area contributed by atoms with Crippen LogP contribution in [0.5, 0.6) is 0 Å². The van der Waals surface area contributed by atoms with Crippen LogP contribution in [0, 0.1) is 5.41 Å². The number of fused-ring (bicyclic) bond motifs is 1. The van der Waals surface area contributed by atoms with Gasteiger partial charge in [-0.05, 0) is 42.5 Å². The molecule has 1 aromatic rings. The summed E-state index contributed by atoms with van der Waals surface area (Å²) in [4.78, 5) is 0. The third kappa shape index (κ3) is 2.85. The van der Waals surface area contributed by atoms with Crippen LogP contribution < -0.4 is 5.32 Å². The van der Waals surface area contributed by atoms with Crippen molar-refractivity contribution in [2.24, 2.45) is 5.41 Å². The average molecular weight is 366 g/mol. The Morgan fingerprint density at radius 1 is 1.33 bits per heavy atom. The number of benzene rings is 1. The molecule has 21 heavy (non-hydrogen) atoms. The minimum absolute atomic E-state index is 0.351. The van der Waals surface area contributed by atoms with E-state index >= 15 is 0 Å². The fourth-order valence-electron chi connectivity index (χ4n) is 3.32. The van der Waals surface area contributed by atoms with E-state index in [9.17, 15) is 18.3 Å². The van der Waals surface area contributed by atoms with Crippen molar-refractivity contribution in [1.82, 2.24) is 5.32 Å². The van der Waals surface area contributed by atoms with Gasteiger partial charge in [0.2, 0.25) is 0 Å². The number of likely N-dealkylation sites (N-methyl/N-ethyl adjacent to an activating group) is 1. The van der Waals surface area contributed by atoms with Gasteiger partial charge in [-0.25, -0.2) is 0 Å². The topological polar surface area (TPSA) is 32.3 Å². The zero-order valence-electron chi connectivity index (χ0n) is 12.2. The maximum absolute atomic E-state index is 13.6. The lowest BCUT2D eigenvalue weighted by molar-refractivity contribution is -0.280. The van der Waals surface area contributed by atoms with Crippen LogP contribution in [0.25, 0.3) is 0 Å². The van der Waals surface area contributed by atoms with Gasteiger partial charge in [-0.3, -0.25) is 0 Å². The molecule has 1 aliphatic rings. The van der Waals surface area contributed by atoms with Crippen molar-refractivity contribution in [3.8, 4) is 0 Å². The summed E-state index contributed by atoms with van der Waals surface area (Å²) in [6, 6.07) is 3.98. The van der Waals surface area contributed by atoms with Gasteiger partial charge < -0.3 is 10.4 Å². The molecule has 2 N–H and O–H groups in total.